The molecular weight excluding hydrogens is 240 g/mol. The summed E-state index contributed by atoms with van der Waals surface area (Å²) in [6.45, 7) is 5.92. The summed E-state index contributed by atoms with van der Waals surface area (Å²) in [6, 6.07) is 6.25. The third kappa shape index (κ3) is 4.03. The number of nitrogen functional groups attached to an aromatic ring is 1. The van der Waals surface area contributed by atoms with E-state index in [0.717, 1.165) is 36.5 Å². The lowest BCUT2D eigenvalue weighted by Gasteiger charge is -2.33. The highest BCUT2D eigenvalue weighted by molar-refractivity contribution is 5.70. The van der Waals surface area contributed by atoms with Crippen LogP contribution in [-0.2, 0) is 4.74 Å². The van der Waals surface area contributed by atoms with Crippen molar-refractivity contribution in [3.63, 3.8) is 0 Å². The van der Waals surface area contributed by atoms with Gasteiger partial charge in [-0.2, -0.15) is 0 Å². The van der Waals surface area contributed by atoms with Crippen LogP contribution in [0.1, 0.15) is 26.7 Å². The summed E-state index contributed by atoms with van der Waals surface area (Å²) in [5.41, 5.74) is 7.94. The maximum Gasteiger partial charge on any atom is 0.121 e. The highest BCUT2D eigenvalue weighted by atomic mass is 16.5. The van der Waals surface area contributed by atoms with Crippen molar-refractivity contribution in [3.05, 3.63) is 18.2 Å². The van der Waals surface area contributed by atoms with Crippen LogP contribution in [-0.4, -0.2) is 33.4 Å². The quantitative estimate of drug-likeness (QED) is 0.735. The number of nitrogens with zero attached hydrogens (tertiary/aromatic N) is 1. The molecule has 0 aliphatic rings. The summed E-state index contributed by atoms with van der Waals surface area (Å²) in [5.74, 6) is 0.831. The summed E-state index contributed by atoms with van der Waals surface area (Å²) in [5, 5.41) is 0. The molecule has 1 aromatic carbocycles. The van der Waals surface area contributed by atoms with E-state index in [4.69, 9.17) is 15.2 Å². The average molecular weight is 266 g/mol. The Hall–Kier alpha value is -1.42. The number of methoxy groups -OCH3 is 2. The van der Waals surface area contributed by atoms with Gasteiger partial charge in [-0.05, 0) is 25.0 Å². The van der Waals surface area contributed by atoms with Crippen LogP contribution in [0.5, 0.6) is 5.75 Å². The second-order valence-electron chi connectivity index (χ2n) is 4.58. The van der Waals surface area contributed by atoms with Gasteiger partial charge in [0.2, 0.25) is 0 Å². The fourth-order valence-electron chi connectivity index (χ4n) is 2.32. The zero-order valence-electron chi connectivity index (χ0n) is 12.5. The van der Waals surface area contributed by atoms with Gasteiger partial charge in [0.15, 0.2) is 0 Å². The molecular formula is C15H26N2O2. The Bertz CT molecular complexity index is 378. The largest absolute Gasteiger partial charge is 0.497 e. The van der Waals surface area contributed by atoms with Gasteiger partial charge < -0.3 is 20.1 Å². The number of ether oxygens (including phenoxy) is 2. The van der Waals surface area contributed by atoms with E-state index in [1.54, 1.807) is 14.2 Å². The van der Waals surface area contributed by atoms with Gasteiger partial charge in [-0.25, -0.2) is 0 Å². The van der Waals surface area contributed by atoms with Gasteiger partial charge >= 0.3 is 0 Å². The van der Waals surface area contributed by atoms with Crippen molar-refractivity contribution in [1.82, 2.24) is 0 Å². The van der Waals surface area contributed by atoms with Gasteiger partial charge in [0.05, 0.1) is 25.1 Å². The smallest absolute Gasteiger partial charge is 0.121 e. The number of nitrogens with two attached hydrogens (primary N) is 1. The first kappa shape index (κ1) is 15.6. The van der Waals surface area contributed by atoms with Gasteiger partial charge in [-0.1, -0.05) is 13.8 Å². The first-order valence-electron chi connectivity index (χ1n) is 6.86. The van der Waals surface area contributed by atoms with Crippen LogP contribution < -0.4 is 15.4 Å². The Kier molecular flexibility index (Phi) is 6.50. The third-order valence-electron chi connectivity index (χ3n) is 3.47. The first-order valence-corrected chi connectivity index (χ1v) is 6.86. The number of hydrogen-bond donors (Lipinski definition) is 1. The second kappa shape index (κ2) is 7.89. The number of hydrogen-bond acceptors (Lipinski definition) is 4. The van der Waals surface area contributed by atoms with E-state index in [1.165, 1.54) is 0 Å². The standard InChI is InChI=1S/C15H26N2O2/c1-5-12(6-2)17(9-10-18-3)15-11-13(19-4)7-8-14(15)16/h7-8,11-12H,5-6,9-10,16H2,1-4H3. The average Bonchev–Trinajstić information content (AvgIpc) is 2.44. The van der Waals surface area contributed by atoms with E-state index >= 15 is 0 Å². The van der Waals surface area contributed by atoms with Gasteiger partial charge in [0.25, 0.3) is 0 Å². The second-order valence-corrected chi connectivity index (χ2v) is 4.58. The molecule has 0 bridgehead atoms. The normalized spacial score (nSPS) is 10.8. The van der Waals surface area contributed by atoms with Crippen molar-refractivity contribution in [1.29, 1.82) is 0 Å². The zero-order chi connectivity index (χ0) is 14.3. The predicted molar refractivity (Wildman–Crippen MR) is 81.0 cm³/mol. The molecule has 0 spiro atoms. The molecule has 4 nitrogen and oxygen atoms in total. The summed E-state index contributed by atoms with van der Waals surface area (Å²) in [4.78, 5) is 2.32. The molecule has 0 aliphatic heterocycles. The summed E-state index contributed by atoms with van der Waals surface area (Å²) < 4.78 is 10.5. The molecule has 0 saturated carbocycles. The zero-order valence-corrected chi connectivity index (χ0v) is 12.5. The monoisotopic (exact) mass is 266 g/mol. The molecule has 0 atom stereocenters. The van der Waals surface area contributed by atoms with Gasteiger partial charge in [-0.3, -0.25) is 0 Å². The van der Waals surface area contributed by atoms with Crippen LogP contribution in [0.15, 0.2) is 18.2 Å². The van der Waals surface area contributed by atoms with Gasteiger partial charge in [0, 0.05) is 25.8 Å². The summed E-state index contributed by atoms with van der Waals surface area (Å²) >= 11 is 0. The first-order chi connectivity index (χ1) is 9.17. The SMILES string of the molecule is CCC(CC)N(CCOC)c1cc(OC)ccc1N. The number of rotatable bonds is 8. The van der Waals surface area contributed by atoms with E-state index in [1.807, 2.05) is 18.2 Å². The molecule has 0 unspecified atom stereocenters. The minimum absolute atomic E-state index is 0.463. The van der Waals surface area contributed by atoms with E-state index < -0.39 is 0 Å². The van der Waals surface area contributed by atoms with E-state index in [-0.39, 0.29) is 0 Å². The van der Waals surface area contributed by atoms with Crippen LogP contribution in [0.4, 0.5) is 11.4 Å². The Labute approximate surface area is 116 Å². The molecule has 0 radical (unpaired) electrons. The van der Waals surface area contributed by atoms with Gasteiger partial charge in [0.1, 0.15) is 5.75 Å². The predicted octanol–water partition coefficient (Wildman–Crippen LogP) is 2.92. The van der Waals surface area contributed by atoms with Crippen LogP contribution in [0.3, 0.4) is 0 Å². The molecule has 1 rings (SSSR count). The summed E-state index contributed by atoms with van der Waals surface area (Å²) in [6.07, 6.45) is 2.16. The topological polar surface area (TPSA) is 47.7 Å². The van der Waals surface area contributed by atoms with Crippen molar-refractivity contribution < 1.29 is 9.47 Å². The highest BCUT2D eigenvalue weighted by Gasteiger charge is 2.18. The molecule has 108 valence electrons. The Balaban J connectivity index is 3.07. The van der Waals surface area contributed by atoms with Crippen molar-refractivity contribution >= 4 is 11.4 Å². The minimum atomic E-state index is 0.463. The van der Waals surface area contributed by atoms with E-state index in [9.17, 15) is 0 Å². The number of benzene rings is 1. The van der Waals surface area contributed by atoms with Crippen LogP contribution >= 0.6 is 0 Å². The lowest BCUT2D eigenvalue weighted by Crippen LogP contribution is -2.37. The molecule has 0 saturated heterocycles. The Morgan fingerprint density at radius 1 is 1.21 bits per heavy atom. The van der Waals surface area contributed by atoms with Crippen LogP contribution in [0.25, 0.3) is 0 Å². The highest BCUT2D eigenvalue weighted by Crippen LogP contribution is 2.30. The van der Waals surface area contributed by atoms with E-state index in [2.05, 4.69) is 18.7 Å². The minimum Gasteiger partial charge on any atom is -0.497 e. The Morgan fingerprint density at radius 3 is 2.42 bits per heavy atom. The molecule has 19 heavy (non-hydrogen) atoms. The summed E-state index contributed by atoms with van der Waals surface area (Å²) in [7, 11) is 3.39. The molecule has 0 amide bonds. The molecule has 4 heteroatoms. The molecule has 0 aromatic heterocycles. The fourth-order valence-corrected chi connectivity index (χ4v) is 2.32. The maximum atomic E-state index is 6.13. The molecule has 0 heterocycles. The maximum absolute atomic E-state index is 6.13. The number of anilines is 2. The van der Waals surface area contributed by atoms with Gasteiger partial charge in [-0.15, -0.1) is 0 Å². The van der Waals surface area contributed by atoms with Crippen molar-refractivity contribution in [2.75, 3.05) is 38.0 Å². The Morgan fingerprint density at radius 2 is 1.89 bits per heavy atom. The van der Waals surface area contributed by atoms with Crippen molar-refractivity contribution in [2.45, 2.75) is 32.7 Å². The van der Waals surface area contributed by atoms with Crippen LogP contribution in [0.2, 0.25) is 0 Å². The third-order valence-corrected chi connectivity index (χ3v) is 3.47. The molecule has 0 fully saturated rings. The lowest BCUT2D eigenvalue weighted by atomic mass is 10.1. The molecule has 1 aromatic rings. The van der Waals surface area contributed by atoms with Crippen LogP contribution in [0, 0.1) is 0 Å². The van der Waals surface area contributed by atoms with Crippen molar-refractivity contribution in [3.8, 4) is 5.75 Å². The fraction of sp³-hybridized carbons (Fsp3) is 0.600. The molecule has 0 aliphatic carbocycles. The lowest BCUT2D eigenvalue weighted by molar-refractivity contribution is 0.202. The molecule has 2 N–H and O–H groups in total. The van der Waals surface area contributed by atoms with Crippen molar-refractivity contribution in [2.24, 2.45) is 0 Å². The van der Waals surface area contributed by atoms with E-state index in [0.29, 0.717) is 12.6 Å².